The molecule has 1 heterocycles. The second-order valence-corrected chi connectivity index (χ2v) is 5.04. The van der Waals surface area contributed by atoms with Gasteiger partial charge in [-0.1, -0.05) is 30.0 Å². The summed E-state index contributed by atoms with van der Waals surface area (Å²) < 4.78 is 5.89. The molecule has 2 aromatic carbocycles. The van der Waals surface area contributed by atoms with E-state index in [2.05, 4.69) is 32.0 Å². The quantitative estimate of drug-likeness (QED) is 0.558. The molecule has 0 atom stereocenters. The minimum atomic E-state index is 0.961. The second-order valence-electron chi connectivity index (χ2n) is 3.99. The largest absolute Gasteiger partial charge is 0.455 e. The zero-order valence-electron chi connectivity index (χ0n) is 9.28. The number of benzene rings is 2. The Morgan fingerprint density at radius 3 is 2.62 bits per heavy atom. The summed E-state index contributed by atoms with van der Waals surface area (Å²) in [5, 5.41) is 0. The highest BCUT2D eigenvalue weighted by molar-refractivity contribution is 7.99. The number of ether oxygens (including phenoxy) is 1. The van der Waals surface area contributed by atoms with E-state index in [9.17, 15) is 0 Å². The van der Waals surface area contributed by atoms with Crippen LogP contribution >= 0.6 is 11.8 Å². The number of rotatable bonds is 0. The second kappa shape index (κ2) is 3.56. The maximum Gasteiger partial charge on any atom is 0.141 e. The summed E-state index contributed by atoms with van der Waals surface area (Å²) in [5.41, 5.74) is 2.63. The van der Waals surface area contributed by atoms with Crippen LogP contribution in [0, 0.1) is 13.8 Å². The predicted octanol–water partition coefficient (Wildman–Crippen LogP) is 4.56. The summed E-state index contributed by atoms with van der Waals surface area (Å²) in [5.74, 6) is 1.94. The van der Waals surface area contributed by atoms with Crippen molar-refractivity contribution in [2.24, 2.45) is 0 Å². The van der Waals surface area contributed by atoms with E-state index >= 15 is 0 Å². The van der Waals surface area contributed by atoms with Gasteiger partial charge in [-0.25, -0.2) is 0 Å². The molecule has 0 aromatic heterocycles. The lowest BCUT2D eigenvalue weighted by Gasteiger charge is -2.21. The molecule has 2 aromatic rings. The van der Waals surface area contributed by atoms with Gasteiger partial charge in [-0.15, -0.1) is 0 Å². The van der Waals surface area contributed by atoms with Crippen molar-refractivity contribution in [1.29, 1.82) is 0 Å². The molecule has 0 amide bonds. The first-order chi connectivity index (χ1) is 7.75. The molecule has 1 aliphatic heterocycles. The molecule has 0 fully saturated rings. The third-order valence-electron chi connectivity index (χ3n) is 2.92. The van der Waals surface area contributed by atoms with Gasteiger partial charge in [0, 0.05) is 0 Å². The van der Waals surface area contributed by atoms with Gasteiger partial charge in [-0.2, -0.15) is 0 Å². The molecule has 0 N–H and O–H groups in total. The maximum absolute atomic E-state index is 5.89. The number of para-hydroxylation sites is 1. The summed E-state index contributed by atoms with van der Waals surface area (Å²) in [7, 11) is 0. The molecule has 80 valence electrons. The van der Waals surface area contributed by atoms with E-state index in [4.69, 9.17) is 4.74 Å². The Labute approximate surface area is 99.4 Å². The fourth-order valence-corrected chi connectivity index (χ4v) is 2.92. The Morgan fingerprint density at radius 1 is 0.938 bits per heavy atom. The summed E-state index contributed by atoms with van der Waals surface area (Å²) in [4.78, 5) is 2.45. The summed E-state index contributed by atoms with van der Waals surface area (Å²) in [6.45, 7) is 4.29. The molecule has 1 aliphatic rings. The third-order valence-corrected chi connectivity index (χ3v) is 4.19. The van der Waals surface area contributed by atoms with Gasteiger partial charge < -0.3 is 4.74 Å². The Bertz CT molecular complexity index is 561. The average Bonchev–Trinajstić information content (AvgIpc) is 2.32. The molecule has 1 nitrogen and oxygen atoms in total. The Balaban J connectivity index is 2.16. The number of fused-ring (bicyclic) bond motifs is 2. The fourth-order valence-electron chi connectivity index (χ4n) is 1.82. The van der Waals surface area contributed by atoms with Crippen LogP contribution in [0.4, 0.5) is 0 Å². The molecule has 3 rings (SSSR count). The van der Waals surface area contributed by atoms with Crippen molar-refractivity contribution >= 4 is 11.8 Å². The van der Waals surface area contributed by atoms with Crippen molar-refractivity contribution in [3.05, 3.63) is 47.5 Å². The monoisotopic (exact) mass is 228 g/mol. The van der Waals surface area contributed by atoms with Crippen LogP contribution in [0.1, 0.15) is 11.1 Å². The topological polar surface area (TPSA) is 9.23 Å². The van der Waals surface area contributed by atoms with Crippen molar-refractivity contribution in [3.63, 3.8) is 0 Å². The molecule has 0 bridgehead atoms. The number of hydrogen-bond acceptors (Lipinski definition) is 2. The molecular weight excluding hydrogens is 216 g/mol. The van der Waals surface area contributed by atoms with Gasteiger partial charge in [-0.3, -0.25) is 0 Å². The van der Waals surface area contributed by atoms with Gasteiger partial charge in [0.05, 0.1) is 9.79 Å². The van der Waals surface area contributed by atoms with Crippen molar-refractivity contribution in [2.45, 2.75) is 23.6 Å². The summed E-state index contributed by atoms with van der Waals surface area (Å²) in [6, 6.07) is 12.3. The van der Waals surface area contributed by atoms with Crippen LogP contribution in [-0.2, 0) is 0 Å². The van der Waals surface area contributed by atoms with Crippen LogP contribution < -0.4 is 4.74 Å². The highest BCUT2D eigenvalue weighted by Gasteiger charge is 2.19. The van der Waals surface area contributed by atoms with Crippen molar-refractivity contribution in [2.75, 3.05) is 0 Å². The molecule has 0 spiro atoms. The first kappa shape index (κ1) is 9.79. The highest BCUT2D eigenvalue weighted by atomic mass is 32.2. The molecule has 0 unspecified atom stereocenters. The Hall–Kier alpha value is -1.41. The lowest BCUT2D eigenvalue weighted by molar-refractivity contribution is 0.453. The molecule has 2 heteroatoms. The molecule has 0 saturated carbocycles. The Kier molecular flexibility index (Phi) is 2.18. The molecule has 0 radical (unpaired) electrons. The number of hydrogen-bond donors (Lipinski definition) is 0. The standard InChI is InChI=1S/C14H12OS/c1-9-7-8-12-14(10(9)2)16-13-6-4-3-5-11(13)15-12/h3-8H,1-2H3. The first-order valence-corrected chi connectivity index (χ1v) is 6.12. The van der Waals surface area contributed by atoms with E-state index in [1.807, 2.05) is 18.2 Å². The molecule has 16 heavy (non-hydrogen) atoms. The molecule has 0 saturated heterocycles. The maximum atomic E-state index is 5.89. The highest BCUT2D eigenvalue weighted by Crippen LogP contribution is 2.48. The summed E-state index contributed by atoms with van der Waals surface area (Å²) >= 11 is 1.80. The minimum Gasteiger partial charge on any atom is -0.455 e. The predicted molar refractivity (Wildman–Crippen MR) is 66.6 cm³/mol. The van der Waals surface area contributed by atoms with Crippen LogP contribution in [-0.4, -0.2) is 0 Å². The lowest BCUT2D eigenvalue weighted by Crippen LogP contribution is -1.97. The van der Waals surface area contributed by atoms with Gasteiger partial charge in [-0.05, 0) is 43.2 Å². The first-order valence-electron chi connectivity index (χ1n) is 5.30. The van der Waals surface area contributed by atoms with E-state index in [-0.39, 0.29) is 0 Å². The number of aryl methyl sites for hydroxylation is 1. The van der Waals surface area contributed by atoms with Crippen LogP contribution in [0.3, 0.4) is 0 Å². The van der Waals surface area contributed by atoms with E-state index in [1.165, 1.54) is 20.9 Å². The van der Waals surface area contributed by atoms with Crippen molar-refractivity contribution < 1.29 is 4.74 Å². The third kappa shape index (κ3) is 1.41. The van der Waals surface area contributed by atoms with E-state index in [0.717, 1.165) is 11.5 Å². The van der Waals surface area contributed by atoms with Crippen LogP contribution in [0.2, 0.25) is 0 Å². The van der Waals surface area contributed by atoms with Gasteiger partial charge in [0.15, 0.2) is 0 Å². The lowest BCUT2D eigenvalue weighted by atomic mass is 10.1. The molecular formula is C14H12OS. The Morgan fingerprint density at radius 2 is 1.75 bits per heavy atom. The van der Waals surface area contributed by atoms with Crippen LogP contribution in [0.15, 0.2) is 46.2 Å². The average molecular weight is 228 g/mol. The van der Waals surface area contributed by atoms with E-state index in [1.54, 1.807) is 11.8 Å². The zero-order chi connectivity index (χ0) is 11.1. The zero-order valence-corrected chi connectivity index (χ0v) is 10.1. The van der Waals surface area contributed by atoms with Crippen LogP contribution in [0.25, 0.3) is 0 Å². The SMILES string of the molecule is Cc1ccc2c(c1C)Sc1ccccc1O2. The van der Waals surface area contributed by atoms with Crippen LogP contribution in [0.5, 0.6) is 11.5 Å². The van der Waals surface area contributed by atoms with E-state index < -0.39 is 0 Å². The van der Waals surface area contributed by atoms with E-state index in [0.29, 0.717) is 0 Å². The molecule has 0 aliphatic carbocycles. The van der Waals surface area contributed by atoms with Gasteiger partial charge in [0.25, 0.3) is 0 Å². The fraction of sp³-hybridized carbons (Fsp3) is 0.143. The van der Waals surface area contributed by atoms with Gasteiger partial charge >= 0.3 is 0 Å². The van der Waals surface area contributed by atoms with Crippen molar-refractivity contribution in [1.82, 2.24) is 0 Å². The summed E-state index contributed by atoms with van der Waals surface area (Å²) in [6.07, 6.45) is 0. The van der Waals surface area contributed by atoms with Crippen molar-refractivity contribution in [3.8, 4) is 11.5 Å². The smallest absolute Gasteiger partial charge is 0.141 e. The van der Waals surface area contributed by atoms with Gasteiger partial charge in [0.2, 0.25) is 0 Å². The minimum absolute atomic E-state index is 0.961. The normalized spacial score (nSPS) is 12.6. The van der Waals surface area contributed by atoms with Gasteiger partial charge in [0.1, 0.15) is 11.5 Å².